The second-order valence-electron chi connectivity index (χ2n) is 10.4. The fourth-order valence-electron chi connectivity index (χ4n) is 4.12. The molecule has 1 atom stereocenters. The minimum atomic E-state index is -3.90. The van der Waals surface area contributed by atoms with Crippen molar-refractivity contribution in [1.82, 2.24) is 4.72 Å². The predicted molar refractivity (Wildman–Crippen MR) is 139 cm³/mol. The van der Waals surface area contributed by atoms with Crippen LogP contribution >= 0.6 is 0 Å². The summed E-state index contributed by atoms with van der Waals surface area (Å²) in [6.07, 6.45) is 13.7. The fourth-order valence-corrected chi connectivity index (χ4v) is 5.26. The van der Waals surface area contributed by atoms with E-state index in [2.05, 4.69) is 11.6 Å². The van der Waals surface area contributed by atoms with E-state index in [-0.39, 0.29) is 6.42 Å². The SMILES string of the molecule is CCCCCCCCCCCCc1ccc(N(C)S(=O)(=O)N[C@H](CC(=O)[O-])C[N+](C)(C)C)cc1. The van der Waals surface area contributed by atoms with E-state index >= 15 is 0 Å². The number of hydrogen-bond acceptors (Lipinski definition) is 4. The molecule has 1 aromatic rings. The summed E-state index contributed by atoms with van der Waals surface area (Å²) in [5.74, 6) is -1.28. The van der Waals surface area contributed by atoms with Crippen molar-refractivity contribution in [3.63, 3.8) is 0 Å². The highest BCUT2D eigenvalue weighted by Gasteiger charge is 2.27. The molecule has 0 aliphatic carbocycles. The molecule has 1 rings (SSSR count). The van der Waals surface area contributed by atoms with Gasteiger partial charge in [0.05, 0.1) is 39.4 Å². The van der Waals surface area contributed by atoms with E-state index < -0.39 is 22.2 Å². The number of carboxylic acids is 1. The van der Waals surface area contributed by atoms with Gasteiger partial charge in [-0.15, -0.1) is 0 Å². The molecule has 0 aromatic heterocycles. The third-order valence-electron chi connectivity index (χ3n) is 5.98. The van der Waals surface area contributed by atoms with Gasteiger partial charge >= 0.3 is 10.2 Å². The number of likely N-dealkylation sites (N-methyl/N-ethyl adjacent to an activating group) is 1. The number of hydrogen-bond donors (Lipinski definition) is 1. The van der Waals surface area contributed by atoms with Gasteiger partial charge in [-0.2, -0.15) is 13.1 Å². The second kappa shape index (κ2) is 15.4. The summed E-state index contributed by atoms with van der Waals surface area (Å²) in [7, 11) is 3.22. The molecule has 1 N–H and O–H groups in total. The van der Waals surface area contributed by atoms with Crippen molar-refractivity contribution in [2.45, 2.75) is 90.0 Å². The number of nitrogens with zero attached hydrogens (tertiary/aromatic N) is 2. The smallest absolute Gasteiger partial charge is 0.301 e. The van der Waals surface area contributed by atoms with Crippen LogP contribution in [0.2, 0.25) is 0 Å². The highest BCUT2D eigenvalue weighted by atomic mass is 32.2. The largest absolute Gasteiger partial charge is 0.550 e. The van der Waals surface area contributed by atoms with E-state index in [0.29, 0.717) is 16.7 Å². The molecule has 0 spiro atoms. The van der Waals surface area contributed by atoms with Gasteiger partial charge in [0.25, 0.3) is 0 Å². The molecular weight excluding hydrogens is 450 g/mol. The van der Waals surface area contributed by atoms with E-state index in [0.717, 1.165) is 17.1 Å². The van der Waals surface area contributed by atoms with E-state index in [1.165, 1.54) is 70.4 Å². The molecule has 0 bridgehead atoms. The molecule has 34 heavy (non-hydrogen) atoms. The van der Waals surface area contributed by atoms with Crippen molar-refractivity contribution in [1.29, 1.82) is 0 Å². The Bertz CT molecular complexity index is 804. The van der Waals surface area contributed by atoms with Crippen LogP contribution in [-0.2, 0) is 21.4 Å². The first-order chi connectivity index (χ1) is 15.9. The van der Waals surface area contributed by atoms with Gasteiger partial charge in [0.2, 0.25) is 0 Å². The molecule has 8 heteroatoms. The lowest BCUT2D eigenvalue weighted by Crippen LogP contribution is -2.53. The predicted octanol–water partition coefficient (Wildman–Crippen LogP) is 3.64. The Hall–Kier alpha value is -1.64. The molecule has 0 amide bonds. The number of rotatable bonds is 19. The van der Waals surface area contributed by atoms with Crippen molar-refractivity contribution in [3.8, 4) is 0 Å². The van der Waals surface area contributed by atoms with Gasteiger partial charge < -0.3 is 14.4 Å². The van der Waals surface area contributed by atoms with Crippen LogP contribution in [0.5, 0.6) is 0 Å². The monoisotopic (exact) mass is 497 g/mol. The summed E-state index contributed by atoms with van der Waals surface area (Å²) >= 11 is 0. The van der Waals surface area contributed by atoms with Crippen LogP contribution in [0.15, 0.2) is 24.3 Å². The second-order valence-corrected chi connectivity index (χ2v) is 12.2. The molecule has 7 nitrogen and oxygen atoms in total. The standard InChI is InChI=1S/C26H47N3O4S/c1-6-7-8-9-10-11-12-13-14-15-16-23-17-19-25(20-18-23)28(2)34(32,33)27-24(21-26(30)31)22-29(3,4)5/h17-20,24,27H,6-16,21-22H2,1-5H3/t24-/m1/s1. The zero-order valence-corrected chi connectivity index (χ0v) is 22.8. The first kappa shape index (κ1) is 30.4. The minimum Gasteiger partial charge on any atom is -0.550 e. The maximum Gasteiger partial charge on any atom is 0.301 e. The number of aryl methyl sites for hydroxylation is 1. The van der Waals surface area contributed by atoms with Crippen molar-refractivity contribution in [3.05, 3.63) is 29.8 Å². The zero-order chi connectivity index (χ0) is 25.6. The summed E-state index contributed by atoms with van der Waals surface area (Å²) in [6.45, 7) is 2.58. The van der Waals surface area contributed by atoms with E-state index in [9.17, 15) is 18.3 Å². The van der Waals surface area contributed by atoms with Crippen LogP contribution in [0, 0.1) is 0 Å². The number of carbonyl (C=O) groups excluding carboxylic acids is 1. The molecule has 0 aliphatic rings. The number of anilines is 1. The Morgan fingerprint density at radius 3 is 1.91 bits per heavy atom. The lowest BCUT2D eigenvalue weighted by Gasteiger charge is -2.31. The number of carboxylic acid groups (broad SMARTS) is 1. The number of unbranched alkanes of at least 4 members (excludes halogenated alkanes) is 9. The third-order valence-corrected chi connectivity index (χ3v) is 7.54. The maximum atomic E-state index is 12.9. The van der Waals surface area contributed by atoms with Crippen molar-refractivity contribution >= 4 is 21.9 Å². The van der Waals surface area contributed by atoms with Gasteiger partial charge in [0.15, 0.2) is 0 Å². The molecule has 0 unspecified atom stereocenters. The van der Waals surface area contributed by atoms with Gasteiger partial charge in [-0.05, 0) is 30.5 Å². The molecule has 0 saturated heterocycles. The van der Waals surface area contributed by atoms with E-state index in [1.807, 2.05) is 33.3 Å². The third kappa shape index (κ3) is 13.3. The Balaban J connectivity index is 2.49. The van der Waals surface area contributed by atoms with Crippen LogP contribution in [-0.4, -0.2) is 59.6 Å². The summed E-state index contributed by atoms with van der Waals surface area (Å²) in [4.78, 5) is 11.1. The van der Waals surface area contributed by atoms with Crippen LogP contribution in [0.4, 0.5) is 5.69 Å². The number of nitrogens with one attached hydrogen (secondary N) is 1. The van der Waals surface area contributed by atoms with Gasteiger partial charge in [0, 0.05) is 19.4 Å². The zero-order valence-electron chi connectivity index (χ0n) is 22.0. The molecular formula is C26H47N3O4S. The molecule has 0 heterocycles. The van der Waals surface area contributed by atoms with Crippen LogP contribution in [0.25, 0.3) is 0 Å². The van der Waals surface area contributed by atoms with Crippen molar-refractivity contribution in [2.75, 3.05) is 39.0 Å². The molecule has 1 aromatic carbocycles. The topological polar surface area (TPSA) is 89.5 Å². The molecule has 0 saturated carbocycles. The Labute approximate surface area is 208 Å². The fraction of sp³-hybridized carbons (Fsp3) is 0.731. The van der Waals surface area contributed by atoms with Crippen molar-refractivity contribution < 1.29 is 22.8 Å². The molecule has 0 radical (unpaired) electrons. The maximum absolute atomic E-state index is 12.9. The lowest BCUT2D eigenvalue weighted by atomic mass is 10.0. The van der Waals surface area contributed by atoms with Crippen LogP contribution in [0.1, 0.15) is 83.1 Å². The molecule has 0 fully saturated rings. The summed E-state index contributed by atoms with van der Waals surface area (Å²) < 4.78 is 29.8. The Morgan fingerprint density at radius 1 is 0.941 bits per heavy atom. The number of quaternary nitrogens is 1. The van der Waals surface area contributed by atoms with Crippen LogP contribution in [0.3, 0.4) is 0 Å². The number of benzene rings is 1. The van der Waals surface area contributed by atoms with Gasteiger partial charge in [-0.3, -0.25) is 4.31 Å². The average Bonchev–Trinajstić information content (AvgIpc) is 2.73. The number of carbonyl (C=O) groups is 1. The molecule has 196 valence electrons. The number of aliphatic carboxylic acids is 1. The highest BCUT2D eigenvalue weighted by Crippen LogP contribution is 2.19. The summed E-state index contributed by atoms with van der Waals surface area (Å²) in [5.41, 5.74) is 1.73. The molecule has 0 aliphatic heterocycles. The van der Waals surface area contributed by atoms with E-state index in [1.54, 1.807) is 12.1 Å². The summed E-state index contributed by atoms with van der Waals surface area (Å²) in [5, 5.41) is 11.1. The highest BCUT2D eigenvalue weighted by molar-refractivity contribution is 7.90. The minimum absolute atomic E-state index is 0.332. The first-order valence-electron chi connectivity index (χ1n) is 12.8. The average molecular weight is 498 g/mol. The van der Waals surface area contributed by atoms with Crippen molar-refractivity contribution in [2.24, 2.45) is 0 Å². The quantitative estimate of drug-likeness (QED) is 0.233. The normalized spacial score (nSPS) is 13.1. The van der Waals surface area contributed by atoms with Gasteiger partial charge in [0.1, 0.15) is 0 Å². The van der Waals surface area contributed by atoms with E-state index in [4.69, 9.17) is 0 Å². The first-order valence-corrected chi connectivity index (χ1v) is 14.2. The Morgan fingerprint density at radius 2 is 1.44 bits per heavy atom. The Kier molecular flexibility index (Phi) is 13.7. The lowest BCUT2D eigenvalue weighted by molar-refractivity contribution is -0.871. The van der Waals surface area contributed by atoms with Crippen LogP contribution < -0.4 is 14.1 Å². The van der Waals surface area contributed by atoms with Gasteiger partial charge in [-0.1, -0.05) is 76.8 Å². The summed E-state index contributed by atoms with van der Waals surface area (Å²) in [6, 6.07) is 6.80. The van der Waals surface area contributed by atoms with Gasteiger partial charge in [-0.25, -0.2) is 0 Å².